The summed E-state index contributed by atoms with van der Waals surface area (Å²) in [6.07, 6.45) is 4.64. The van der Waals surface area contributed by atoms with E-state index in [0.717, 1.165) is 0 Å². The fraction of sp³-hybridized carbons (Fsp3) is 0.133. The first kappa shape index (κ1) is 16.3. The van der Waals surface area contributed by atoms with Gasteiger partial charge < -0.3 is 22.1 Å². The molecule has 0 saturated heterocycles. The SMILES string of the molecule is NCCNc1cnc(C(N)=O)c(Nc2cccc(-n3nccn3)n2)c1. The molecule has 3 aromatic rings. The van der Waals surface area contributed by atoms with Gasteiger partial charge in [-0.1, -0.05) is 6.07 Å². The average molecular weight is 339 g/mol. The Morgan fingerprint density at radius 1 is 1.24 bits per heavy atom. The van der Waals surface area contributed by atoms with E-state index in [0.29, 0.717) is 36.1 Å². The average Bonchev–Trinajstić information content (AvgIpc) is 3.15. The van der Waals surface area contributed by atoms with Crippen LogP contribution >= 0.6 is 0 Å². The van der Waals surface area contributed by atoms with E-state index < -0.39 is 5.91 Å². The maximum atomic E-state index is 11.6. The summed E-state index contributed by atoms with van der Waals surface area (Å²) in [5.74, 6) is 0.383. The van der Waals surface area contributed by atoms with Gasteiger partial charge >= 0.3 is 0 Å². The molecular formula is C15H17N9O. The van der Waals surface area contributed by atoms with Crippen molar-refractivity contribution in [3.63, 3.8) is 0 Å². The van der Waals surface area contributed by atoms with Gasteiger partial charge in [0, 0.05) is 13.1 Å². The van der Waals surface area contributed by atoms with Gasteiger partial charge in [-0.3, -0.25) is 4.79 Å². The summed E-state index contributed by atoms with van der Waals surface area (Å²) in [4.78, 5) is 21.5. The van der Waals surface area contributed by atoms with Crippen LogP contribution in [0.15, 0.2) is 42.9 Å². The van der Waals surface area contributed by atoms with Crippen molar-refractivity contribution in [2.24, 2.45) is 11.5 Å². The molecule has 0 aliphatic rings. The minimum Gasteiger partial charge on any atom is -0.382 e. The van der Waals surface area contributed by atoms with Gasteiger partial charge in [0.05, 0.1) is 30.0 Å². The van der Waals surface area contributed by atoms with Crippen molar-refractivity contribution in [3.8, 4) is 5.82 Å². The number of nitrogens with two attached hydrogens (primary N) is 2. The number of hydrogen-bond donors (Lipinski definition) is 4. The molecule has 0 unspecified atom stereocenters. The maximum absolute atomic E-state index is 11.6. The van der Waals surface area contributed by atoms with E-state index in [-0.39, 0.29) is 5.69 Å². The molecule has 0 aliphatic carbocycles. The molecule has 3 rings (SSSR count). The predicted octanol–water partition coefficient (Wildman–Crippen LogP) is 0.270. The highest BCUT2D eigenvalue weighted by Crippen LogP contribution is 2.22. The highest BCUT2D eigenvalue weighted by Gasteiger charge is 2.12. The van der Waals surface area contributed by atoms with Crippen molar-refractivity contribution in [1.82, 2.24) is 25.0 Å². The van der Waals surface area contributed by atoms with E-state index in [1.807, 2.05) is 0 Å². The quantitative estimate of drug-likeness (QED) is 0.479. The van der Waals surface area contributed by atoms with Crippen molar-refractivity contribution in [2.45, 2.75) is 0 Å². The summed E-state index contributed by atoms with van der Waals surface area (Å²) in [5, 5.41) is 14.2. The van der Waals surface area contributed by atoms with Crippen LogP contribution in [0.25, 0.3) is 5.82 Å². The first-order valence-electron chi connectivity index (χ1n) is 7.52. The summed E-state index contributed by atoms with van der Waals surface area (Å²) >= 11 is 0. The molecule has 0 radical (unpaired) electrons. The number of primary amides is 1. The lowest BCUT2D eigenvalue weighted by atomic mass is 10.2. The number of nitrogens with zero attached hydrogens (tertiary/aromatic N) is 5. The fourth-order valence-electron chi connectivity index (χ4n) is 2.15. The summed E-state index contributed by atoms with van der Waals surface area (Å²) in [7, 11) is 0. The van der Waals surface area contributed by atoms with Gasteiger partial charge in [-0.15, -0.1) is 4.80 Å². The van der Waals surface area contributed by atoms with Crippen LogP contribution in [0.4, 0.5) is 17.2 Å². The topological polar surface area (TPSA) is 150 Å². The van der Waals surface area contributed by atoms with Gasteiger partial charge in [-0.25, -0.2) is 9.97 Å². The highest BCUT2D eigenvalue weighted by atomic mass is 16.1. The Balaban J connectivity index is 1.90. The first-order valence-corrected chi connectivity index (χ1v) is 7.52. The van der Waals surface area contributed by atoms with Crippen LogP contribution in [-0.4, -0.2) is 44.0 Å². The van der Waals surface area contributed by atoms with Gasteiger partial charge in [-0.2, -0.15) is 10.2 Å². The molecule has 25 heavy (non-hydrogen) atoms. The van der Waals surface area contributed by atoms with Crippen LogP contribution in [0.2, 0.25) is 0 Å². The standard InChI is InChI=1S/C15H17N9O/c16-4-5-18-10-8-11(14(15(17)25)19-9-10)22-12-2-1-3-13(23-12)24-20-6-7-21-24/h1-3,6-9,18H,4-5,16H2,(H2,17,25)(H,22,23). The van der Waals surface area contributed by atoms with Gasteiger partial charge in [0.15, 0.2) is 11.5 Å². The number of nitrogens with one attached hydrogen (secondary N) is 2. The Bertz CT molecular complexity index is 863. The zero-order chi connectivity index (χ0) is 17.6. The molecule has 0 saturated carbocycles. The molecule has 1 amide bonds. The van der Waals surface area contributed by atoms with Crippen molar-refractivity contribution >= 4 is 23.1 Å². The van der Waals surface area contributed by atoms with Crippen LogP contribution in [0.1, 0.15) is 10.5 Å². The molecule has 10 heteroatoms. The van der Waals surface area contributed by atoms with Gasteiger partial charge in [-0.05, 0) is 18.2 Å². The molecular weight excluding hydrogens is 322 g/mol. The Labute approximate surface area is 143 Å². The van der Waals surface area contributed by atoms with Crippen LogP contribution in [0.3, 0.4) is 0 Å². The van der Waals surface area contributed by atoms with E-state index in [1.165, 1.54) is 11.0 Å². The van der Waals surface area contributed by atoms with Crippen molar-refractivity contribution in [3.05, 3.63) is 48.5 Å². The maximum Gasteiger partial charge on any atom is 0.269 e. The number of carbonyl (C=O) groups is 1. The summed E-state index contributed by atoms with van der Waals surface area (Å²) in [5.41, 5.74) is 12.1. The molecule has 0 atom stereocenters. The van der Waals surface area contributed by atoms with Crippen LogP contribution < -0.4 is 22.1 Å². The Kier molecular flexibility index (Phi) is 4.81. The molecule has 3 heterocycles. The zero-order valence-electron chi connectivity index (χ0n) is 13.3. The smallest absolute Gasteiger partial charge is 0.269 e. The summed E-state index contributed by atoms with van der Waals surface area (Å²) in [6, 6.07) is 7.03. The molecule has 3 aromatic heterocycles. The third-order valence-electron chi connectivity index (χ3n) is 3.22. The Hall–Kier alpha value is -3.53. The van der Waals surface area contributed by atoms with Crippen LogP contribution in [0.5, 0.6) is 0 Å². The number of anilines is 3. The van der Waals surface area contributed by atoms with Gasteiger partial charge in [0.25, 0.3) is 5.91 Å². The number of rotatable bonds is 7. The van der Waals surface area contributed by atoms with Crippen LogP contribution in [-0.2, 0) is 0 Å². The third kappa shape index (κ3) is 3.87. The van der Waals surface area contributed by atoms with E-state index >= 15 is 0 Å². The number of hydrogen-bond acceptors (Lipinski definition) is 8. The fourth-order valence-corrected chi connectivity index (χ4v) is 2.15. The van der Waals surface area contributed by atoms with Crippen LogP contribution in [0, 0.1) is 0 Å². The van der Waals surface area contributed by atoms with Crippen molar-refractivity contribution in [2.75, 3.05) is 23.7 Å². The second kappa shape index (κ2) is 7.36. The normalized spacial score (nSPS) is 10.4. The van der Waals surface area contributed by atoms with E-state index in [9.17, 15) is 4.79 Å². The third-order valence-corrected chi connectivity index (χ3v) is 3.22. The second-order valence-corrected chi connectivity index (χ2v) is 5.02. The second-order valence-electron chi connectivity index (χ2n) is 5.02. The largest absolute Gasteiger partial charge is 0.382 e. The lowest BCUT2D eigenvalue weighted by Crippen LogP contribution is -2.17. The van der Waals surface area contributed by atoms with E-state index in [1.54, 1.807) is 36.7 Å². The van der Waals surface area contributed by atoms with E-state index in [2.05, 4.69) is 30.8 Å². The molecule has 0 bridgehead atoms. The zero-order valence-corrected chi connectivity index (χ0v) is 13.3. The molecule has 6 N–H and O–H groups in total. The van der Waals surface area contributed by atoms with Gasteiger partial charge in [0.1, 0.15) is 5.82 Å². The molecule has 10 nitrogen and oxygen atoms in total. The lowest BCUT2D eigenvalue weighted by molar-refractivity contribution is 0.0996. The Morgan fingerprint density at radius 2 is 2.04 bits per heavy atom. The molecule has 128 valence electrons. The predicted molar refractivity (Wildman–Crippen MR) is 92.7 cm³/mol. The van der Waals surface area contributed by atoms with Gasteiger partial charge in [0.2, 0.25) is 0 Å². The molecule has 0 aliphatic heterocycles. The molecule has 0 aromatic carbocycles. The molecule has 0 fully saturated rings. The number of aromatic nitrogens is 5. The minimum atomic E-state index is -0.641. The summed E-state index contributed by atoms with van der Waals surface area (Å²) in [6.45, 7) is 1.05. The minimum absolute atomic E-state index is 0.114. The molecule has 0 spiro atoms. The van der Waals surface area contributed by atoms with E-state index in [4.69, 9.17) is 11.5 Å². The number of amides is 1. The number of carbonyl (C=O) groups excluding carboxylic acids is 1. The summed E-state index contributed by atoms with van der Waals surface area (Å²) < 4.78 is 0. The lowest BCUT2D eigenvalue weighted by Gasteiger charge is -2.12. The highest BCUT2D eigenvalue weighted by molar-refractivity contribution is 5.97. The van der Waals surface area contributed by atoms with Crippen molar-refractivity contribution in [1.29, 1.82) is 0 Å². The monoisotopic (exact) mass is 339 g/mol. The van der Waals surface area contributed by atoms with Crippen molar-refractivity contribution < 1.29 is 4.79 Å². The number of pyridine rings is 2. The first-order chi connectivity index (χ1) is 12.2. The Morgan fingerprint density at radius 3 is 2.76 bits per heavy atom.